The number of rotatable bonds is 14. The summed E-state index contributed by atoms with van der Waals surface area (Å²) in [7, 11) is 3.92. The Morgan fingerprint density at radius 3 is 1.52 bits per heavy atom. The summed E-state index contributed by atoms with van der Waals surface area (Å²) in [6.45, 7) is 8.45. The molecule has 140 valence electrons. The summed E-state index contributed by atoms with van der Waals surface area (Å²) in [5.41, 5.74) is -0.844. The van der Waals surface area contributed by atoms with Crippen LogP contribution in [0, 0.1) is 0 Å². The van der Waals surface area contributed by atoms with Crippen molar-refractivity contribution in [1.82, 2.24) is 0 Å². The maximum absolute atomic E-state index is 6.73. The summed E-state index contributed by atoms with van der Waals surface area (Å²) in [5, 5.41) is 0. The first kappa shape index (κ1) is 23.0. The van der Waals surface area contributed by atoms with E-state index < -0.39 is 19.8 Å². The molecule has 0 fully saturated rings. The maximum atomic E-state index is 6.73. The topological polar surface area (TPSA) is 46.2 Å². The van der Waals surface area contributed by atoms with E-state index >= 15 is 0 Å². The fourth-order valence-corrected chi connectivity index (χ4v) is 7.38. The van der Waals surface area contributed by atoms with Crippen LogP contribution in [-0.2, 0) is 23.1 Å². The van der Waals surface area contributed by atoms with Crippen LogP contribution in [0.4, 0.5) is 0 Å². The maximum Gasteiger partial charge on any atom is 0.401 e. The van der Waals surface area contributed by atoms with Crippen molar-refractivity contribution in [2.24, 2.45) is 0 Å². The number of hydrogen-bond donors (Lipinski definition) is 0. The van der Waals surface area contributed by atoms with E-state index in [-0.39, 0.29) is 0 Å². The molecule has 0 saturated carbocycles. The van der Waals surface area contributed by atoms with Crippen LogP contribution in [-0.4, -0.2) is 48.2 Å². The summed E-state index contributed by atoms with van der Waals surface area (Å²) in [5.74, 6) is -0.640. The molecule has 0 aromatic carbocycles. The Morgan fingerprint density at radius 1 is 0.739 bits per heavy atom. The molecular formula is C17H38O5Si. The Hall–Kier alpha value is 0.0169. The second-order valence-corrected chi connectivity index (χ2v) is 9.32. The summed E-state index contributed by atoms with van der Waals surface area (Å²) in [6.07, 6.45) is 5.21. The molecule has 0 aromatic rings. The highest BCUT2D eigenvalue weighted by molar-refractivity contribution is 6.70. The van der Waals surface area contributed by atoms with E-state index in [1.807, 2.05) is 6.92 Å². The first-order valence-electron chi connectivity index (χ1n) is 8.85. The molecule has 1 unspecified atom stereocenters. The SMILES string of the molecule is CCCC(CCC)(OC)O[Si](CCC)(OC)C(CC)(OC)OC. The van der Waals surface area contributed by atoms with Crippen LogP contribution in [0.3, 0.4) is 0 Å². The highest BCUT2D eigenvalue weighted by Gasteiger charge is 2.61. The zero-order chi connectivity index (χ0) is 18.0. The van der Waals surface area contributed by atoms with Gasteiger partial charge in [-0.25, -0.2) is 0 Å². The van der Waals surface area contributed by atoms with Gasteiger partial charge in [-0.1, -0.05) is 47.0 Å². The second-order valence-electron chi connectivity index (χ2n) is 5.94. The molecule has 0 aliphatic heterocycles. The van der Waals surface area contributed by atoms with Crippen LogP contribution >= 0.6 is 0 Å². The Kier molecular flexibility index (Phi) is 10.8. The van der Waals surface area contributed by atoms with Gasteiger partial charge < -0.3 is 23.1 Å². The minimum absolute atomic E-state index is 0.640. The molecule has 0 heterocycles. The third kappa shape index (κ3) is 5.00. The van der Waals surface area contributed by atoms with Gasteiger partial charge in [0.2, 0.25) is 5.41 Å². The Labute approximate surface area is 144 Å². The average molecular weight is 351 g/mol. The van der Waals surface area contributed by atoms with Crippen LogP contribution in [0.1, 0.15) is 66.2 Å². The largest absolute Gasteiger partial charge is 0.401 e. The molecule has 0 aliphatic rings. The van der Waals surface area contributed by atoms with Gasteiger partial charge in [-0.2, -0.15) is 0 Å². The number of hydrogen-bond acceptors (Lipinski definition) is 5. The molecule has 0 radical (unpaired) electrons. The van der Waals surface area contributed by atoms with Gasteiger partial charge in [-0.15, -0.1) is 0 Å². The molecule has 23 heavy (non-hydrogen) atoms. The van der Waals surface area contributed by atoms with Crippen LogP contribution < -0.4 is 0 Å². The third-order valence-corrected chi connectivity index (χ3v) is 9.04. The van der Waals surface area contributed by atoms with Gasteiger partial charge >= 0.3 is 8.56 Å². The van der Waals surface area contributed by atoms with E-state index in [0.717, 1.165) is 38.1 Å². The Bertz CT molecular complexity index is 295. The van der Waals surface area contributed by atoms with Crippen molar-refractivity contribution in [3.05, 3.63) is 0 Å². The lowest BCUT2D eigenvalue weighted by molar-refractivity contribution is -0.230. The number of ether oxygens (including phenoxy) is 3. The first-order chi connectivity index (χ1) is 10.9. The summed E-state index contributed by atoms with van der Waals surface area (Å²) >= 11 is 0. The molecule has 0 aromatic heterocycles. The van der Waals surface area contributed by atoms with Crippen molar-refractivity contribution in [2.75, 3.05) is 28.4 Å². The molecule has 0 spiro atoms. The molecule has 0 bridgehead atoms. The van der Waals surface area contributed by atoms with E-state index in [2.05, 4.69) is 20.8 Å². The van der Waals surface area contributed by atoms with E-state index in [4.69, 9.17) is 23.1 Å². The van der Waals surface area contributed by atoms with Gasteiger partial charge in [0, 0.05) is 47.7 Å². The van der Waals surface area contributed by atoms with Gasteiger partial charge in [-0.05, 0) is 6.04 Å². The van der Waals surface area contributed by atoms with Crippen molar-refractivity contribution in [3.63, 3.8) is 0 Å². The molecule has 1 atom stereocenters. The monoisotopic (exact) mass is 350 g/mol. The molecule has 6 heteroatoms. The molecule has 0 saturated heterocycles. The van der Waals surface area contributed by atoms with Gasteiger partial charge in [0.1, 0.15) is 0 Å². The predicted molar refractivity (Wildman–Crippen MR) is 95.5 cm³/mol. The minimum atomic E-state index is -2.85. The van der Waals surface area contributed by atoms with Gasteiger partial charge in [0.25, 0.3) is 0 Å². The van der Waals surface area contributed by atoms with E-state index in [0.29, 0.717) is 6.42 Å². The highest BCUT2D eigenvalue weighted by atomic mass is 28.4. The lowest BCUT2D eigenvalue weighted by atomic mass is 10.1. The molecule has 0 rings (SSSR count). The highest BCUT2D eigenvalue weighted by Crippen LogP contribution is 2.40. The standard InChI is InChI=1S/C17H38O5Si/c1-9-13-16(18-5,14-10-2)22-23(21-8,15-11-3)17(12-4,19-6)20-7/h9-15H2,1-8H3. The fraction of sp³-hybridized carbons (Fsp3) is 1.00. The van der Waals surface area contributed by atoms with Crippen LogP contribution in [0.5, 0.6) is 0 Å². The summed E-state index contributed by atoms with van der Waals surface area (Å²) in [6, 6.07) is 0.789. The molecule has 0 aliphatic carbocycles. The van der Waals surface area contributed by atoms with Crippen molar-refractivity contribution >= 4 is 8.56 Å². The molecule has 5 nitrogen and oxygen atoms in total. The van der Waals surface area contributed by atoms with Gasteiger partial charge in [-0.3, -0.25) is 0 Å². The minimum Gasteiger partial charge on any atom is -0.395 e. The quantitative estimate of drug-likeness (QED) is 0.343. The van der Waals surface area contributed by atoms with Crippen molar-refractivity contribution in [1.29, 1.82) is 0 Å². The molecular weight excluding hydrogens is 312 g/mol. The van der Waals surface area contributed by atoms with Gasteiger partial charge in [0.05, 0.1) is 0 Å². The van der Waals surface area contributed by atoms with Crippen LogP contribution in [0.25, 0.3) is 0 Å². The average Bonchev–Trinajstić information content (AvgIpc) is 2.57. The normalized spacial score (nSPS) is 15.7. The Morgan fingerprint density at radius 2 is 1.26 bits per heavy atom. The van der Waals surface area contributed by atoms with E-state index in [1.54, 1.807) is 28.4 Å². The third-order valence-electron chi connectivity index (χ3n) is 4.60. The zero-order valence-corrected chi connectivity index (χ0v) is 17.5. The van der Waals surface area contributed by atoms with Crippen molar-refractivity contribution < 1.29 is 23.1 Å². The van der Waals surface area contributed by atoms with Crippen LogP contribution in [0.15, 0.2) is 0 Å². The predicted octanol–water partition coefficient (Wildman–Crippen LogP) is 4.38. The smallest absolute Gasteiger partial charge is 0.395 e. The second kappa shape index (κ2) is 10.8. The number of methoxy groups -OCH3 is 3. The lowest BCUT2D eigenvalue weighted by Crippen LogP contribution is -2.67. The van der Waals surface area contributed by atoms with E-state index in [9.17, 15) is 0 Å². The van der Waals surface area contributed by atoms with Gasteiger partial charge in [0.15, 0.2) is 5.79 Å². The first-order valence-corrected chi connectivity index (χ1v) is 10.9. The fourth-order valence-electron chi connectivity index (χ4n) is 3.44. The van der Waals surface area contributed by atoms with Crippen molar-refractivity contribution in [3.8, 4) is 0 Å². The summed E-state index contributed by atoms with van der Waals surface area (Å²) in [4.78, 5) is 0. The molecule has 0 amide bonds. The van der Waals surface area contributed by atoms with Crippen LogP contribution in [0.2, 0.25) is 6.04 Å². The molecule has 0 N–H and O–H groups in total. The van der Waals surface area contributed by atoms with Crippen molar-refractivity contribution in [2.45, 2.75) is 83.5 Å². The Balaban J connectivity index is 5.93. The van der Waals surface area contributed by atoms with E-state index in [1.165, 1.54) is 0 Å². The summed E-state index contributed by atoms with van der Waals surface area (Å²) < 4.78 is 30.3. The lowest BCUT2D eigenvalue weighted by Gasteiger charge is -2.48. The zero-order valence-electron chi connectivity index (χ0n) is 16.5.